The molecule has 4 aromatic heterocycles. The number of benzene rings is 2. The molecule has 38 heavy (non-hydrogen) atoms. The van der Waals surface area contributed by atoms with E-state index in [-0.39, 0.29) is 11.1 Å². The van der Waals surface area contributed by atoms with Gasteiger partial charge in [0, 0.05) is 45.7 Å². The average molecular weight is 543 g/mol. The van der Waals surface area contributed by atoms with E-state index in [4.69, 9.17) is 23.2 Å². The Hall–Kier alpha value is -4.66. The Labute approximate surface area is 226 Å². The fourth-order valence-corrected chi connectivity index (χ4v) is 4.09. The molecule has 2 aromatic carbocycles. The van der Waals surface area contributed by atoms with Crippen LogP contribution >= 0.6 is 23.2 Å². The molecule has 0 unspecified atom stereocenters. The molecule has 0 amide bonds. The largest absolute Gasteiger partial charge is 0.289 e. The zero-order chi connectivity index (χ0) is 26.5. The Bertz CT molecular complexity index is 1660. The molecule has 0 spiro atoms. The second kappa shape index (κ2) is 11.2. The predicted octanol–water partition coefficient (Wildman–Crippen LogP) is 5.76. The summed E-state index contributed by atoms with van der Waals surface area (Å²) in [6.45, 7) is 0. The number of hydrogen-bond acceptors (Lipinski definition) is 4. The zero-order valence-electron chi connectivity index (χ0n) is 19.8. The molecule has 0 aliphatic rings. The Morgan fingerprint density at radius 2 is 1.00 bits per heavy atom. The van der Waals surface area contributed by atoms with Crippen molar-refractivity contribution in [2.45, 2.75) is 0 Å². The second-order valence-electron chi connectivity index (χ2n) is 8.08. The summed E-state index contributed by atoms with van der Waals surface area (Å²) in [7, 11) is 0. The monoisotopic (exact) mass is 542 g/mol. The molecule has 0 fully saturated rings. The highest BCUT2D eigenvalue weighted by Gasteiger charge is 2.09. The molecular weight excluding hydrogens is 523 g/mol. The van der Waals surface area contributed by atoms with Crippen LogP contribution in [0.15, 0.2) is 119 Å². The molecule has 10 heteroatoms. The van der Waals surface area contributed by atoms with E-state index in [0.717, 1.165) is 11.1 Å². The van der Waals surface area contributed by atoms with Crippen molar-refractivity contribution in [1.29, 1.82) is 0 Å². The summed E-state index contributed by atoms with van der Waals surface area (Å²) >= 11 is 11.9. The first-order valence-corrected chi connectivity index (χ1v) is 12.2. The topological polar surface area (TPSA) is 101 Å². The van der Waals surface area contributed by atoms with E-state index in [9.17, 15) is 9.59 Å². The van der Waals surface area contributed by atoms with E-state index in [1.165, 1.54) is 21.5 Å². The van der Waals surface area contributed by atoms with Crippen LogP contribution in [0.5, 0.6) is 0 Å². The fourth-order valence-electron chi connectivity index (χ4n) is 3.71. The van der Waals surface area contributed by atoms with Crippen molar-refractivity contribution in [3.8, 4) is 34.2 Å². The summed E-state index contributed by atoms with van der Waals surface area (Å²) in [5.74, 6) is 1.11. The lowest BCUT2D eigenvalue weighted by Crippen LogP contribution is -2.14. The molecule has 0 saturated heterocycles. The van der Waals surface area contributed by atoms with Crippen molar-refractivity contribution in [3.63, 3.8) is 0 Å². The number of H-pyrrole nitrogens is 2. The number of nitrogens with one attached hydrogen (secondary N) is 2. The summed E-state index contributed by atoms with van der Waals surface area (Å²) in [5.41, 5.74) is 2.82. The summed E-state index contributed by atoms with van der Waals surface area (Å²) in [6.07, 6.45) is 3.28. The standard InChI is InChI=1S/2C14H10ClN3O/c2*15-11-5-3-4-10(8-11)12-9-14(19)18(17-12)13-6-1-2-7-16-13/h2*1-9,17H. The number of hydrogen-bond donors (Lipinski definition) is 2. The van der Waals surface area contributed by atoms with E-state index in [1.54, 1.807) is 60.9 Å². The van der Waals surface area contributed by atoms with Gasteiger partial charge in [-0.2, -0.15) is 0 Å². The molecule has 0 aliphatic heterocycles. The van der Waals surface area contributed by atoms with Crippen molar-refractivity contribution in [2.24, 2.45) is 0 Å². The molecule has 6 rings (SSSR count). The maximum Gasteiger partial charge on any atom is 0.273 e. The third-order valence-corrected chi connectivity index (χ3v) is 5.94. The maximum atomic E-state index is 12.0. The van der Waals surface area contributed by atoms with Gasteiger partial charge in [-0.15, -0.1) is 0 Å². The average Bonchev–Trinajstić information content (AvgIpc) is 3.53. The molecule has 0 aliphatic carbocycles. The number of nitrogens with zero attached hydrogens (tertiary/aromatic N) is 4. The van der Waals surface area contributed by atoms with Crippen LogP contribution < -0.4 is 11.1 Å². The van der Waals surface area contributed by atoms with Gasteiger partial charge in [0.25, 0.3) is 11.1 Å². The van der Waals surface area contributed by atoms with Gasteiger partial charge in [-0.05, 0) is 48.5 Å². The van der Waals surface area contributed by atoms with Crippen molar-refractivity contribution < 1.29 is 0 Å². The number of rotatable bonds is 4. The molecule has 6 aromatic rings. The minimum absolute atomic E-state index is 0.159. The van der Waals surface area contributed by atoms with E-state index < -0.39 is 0 Å². The van der Waals surface area contributed by atoms with Gasteiger partial charge in [0.05, 0.1) is 11.4 Å². The van der Waals surface area contributed by atoms with E-state index >= 15 is 0 Å². The second-order valence-corrected chi connectivity index (χ2v) is 8.96. The Kier molecular flexibility index (Phi) is 7.35. The van der Waals surface area contributed by atoms with Crippen molar-refractivity contribution >= 4 is 23.2 Å². The van der Waals surface area contributed by atoms with Gasteiger partial charge in [-0.25, -0.2) is 19.3 Å². The highest BCUT2D eigenvalue weighted by molar-refractivity contribution is 6.31. The number of aromatic amines is 2. The molecule has 2 N–H and O–H groups in total. The van der Waals surface area contributed by atoms with Gasteiger partial charge >= 0.3 is 0 Å². The summed E-state index contributed by atoms with van der Waals surface area (Å²) in [6, 6.07) is 28.5. The minimum atomic E-state index is -0.159. The molecular formula is C28H20Cl2N6O2. The lowest BCUT2D eigenvalue weighted by Gasteiger charge is -2.01. The number of halogens is 2. The Morgan fingerprint density at radius 1 is 0.553 bits per heavy atom. The summed E-state index contributed by atoms with van der Waals surface area (Å²) in [4.78, 5) is 32.2. The van der Waals surface area contributed by atoms with Crippen LogP contribution in [0.4, 0.5) is 0 Å². The third-order valence-electron chi connectivity index (χ3n) is 5.47. The zero-order valence-corrected chi connectivity index (χ0v) is 21.3. The lowest BCUT2D eigenvalue weighted by atomic mass is 10.2. The van der Waals surface area contributed by atoms with Crippen LogP contribution in [-0.2, 0) is 0 Å². The fraction of sp³-hybridized carbons (Fsp3) is 0. The lowest BCUT2D eigenvalue weighted by molar-refractivity contribution is 0.822. The van der Waals surface area contributed by atoms with Gasteiger partial charge in [0.1, 0.15) is 0 Å². The van der Waals surface area contributed by atoms with Crippen LogP contribution in [0.2, 0.25) is 10.0 Å². The first kappa shape index (κ1) is 25.0. The SMILES string of the molecule is O=c1cc(-c2cccc(Cl)c2)[nH]n1-c1ccccn1.O=c1cc(-c2cccc(Cl)c2)[nH]n1-c1ccccn1. The van der Waals surface area contributed by atoms with Crippen molar-refractivity contribution in [2.75, 3.05) is 0 Å². The third kappa shape index (κ3) is 5.67. The molecule has 8 nitrogen and oxygen atoms in total. The Balaban J connectivity index is 0.000000155. The van der Waals surface area contributed by atoms with Crippen molar-refractivity contribution in [3.05, 3.63) is 140 Å². The normalized spacial score (nSPS) is 10.6. The number of aromatic nitrogens is 6. The van der Waals surface area contributed by atoms with Crippen LogP contribution in [0.3, 0.4) is 0 Å². The molecule has 4 heterocycles. The molecule has 0 atom stereocenters. The van der Waals surface area contributed by atoms with E-state index in [1.807, 2.05) is 36.4 Å². The van der Waals surface area contributed by atoms with Gasteiger partial charge in [0.2, 0.25) is 0 Å². The molecule has 188 valence electrons. The highest BCUT2D eigenvalue weighted by Crippen LogP contribution is 2.21. The predicted molar refractivity (Wildman–Crippen MR) is 149 cm³/mol. The highest BCUT2D eigenvalue weighted by atomic mass is 35.5. The smallest absolute Gasteiger partial charge is 0.273 e. The minimum Gasteiger partial charge on any atom is -0.289 e. The maximum absolute atomic E-state index is 12.0. The molecule has 0 saturated carbocycles. The summed E-state index contributed by atoms with van der Waals surface area (Å²) < 4.78 is 2.80. The molecule has 0 bridgehead atoms. The quantitative estimate of drug-likeness (QED) is 0.295. The van der Waals surface area contributed by atoms with Gasteiger partial charge in [-0.3, -0.25) is 19.8 Å². The Morgan fingerprint density at radius 3 is 1.37 bits per heavy atom. The summed E-state index contributed by atoms with van der Waals surface area (Å²) in [5, 5.41) is 7.31. The molecule has 0 radical (unpaired) electrons. The van der Waals surface area contributed by atoms with Crippen LogP contribution in [-0.4, -0.2) is 29.5 Å². The number of pyridine rings is 2. The van der Waals surface area contributed by atoms with Gasteiger partial charge < -0.3 is 0 Å². The van der Waals surface area contributed by atoms with E-state index in [2.05, 4.69) is 20.2 Å². The van der Waals surface area contributed by atoms with Crippen LogP contribution in [0, 0.1) is 0 Å². The van der Waals surface area contributed by atoms with Crippen LogP contribution in [0.1, 0.15) is 0 Å². The first-order chi connectivity index (χ1) is 18.5. The van der Waals surface area contributed by atoms with Gasteiger partial charge in [0.15, 0.2) is 11.6 Å². The van der Waals surface area contributed by atoms with Crippen molar-refractivity contribution in [1.82, 2.24) is 29.5 Å². The van der Waals surface area contributed by atoms with Gasteiger partial charge in [-0.1, -0.05) is 59.6 Å². The first-order valence-electron chi connectivity index (χ1n) is 11.5. The van der Waals surface area contributed by atoms with E-state index in [0.29, 0.717) is 33.1 Å². The van der Waals surface area contributed by atoms with Crippen LogP contribution in [0.25, 0.3) is 34.2 Å².